The van der Waals surface area contributed by atoms with Crippen LogP contribution in [0, 0.1) is 0 Å². The minimum atomic E-state index is -0.0583. The largest absolute Gasteiger partial charge is 0.352 e. The Morgan fingerprint density at radius 2 is 2.00 bits per heavy atom. The minimum Gasteiger partial charge on any atom is -0.352 e. The Labute approximate surface area is 113 Å². The Morgan fingerprint density at radius 3 is 2.84 bits per heavy atom. The fraction of sp³-hybridized carbons (Fsp3) is 0.333. The number of aromatic nitrogens is 1. The Hall–Kier alpha value is -1.94. The first-order valence-electron chi connectivity index (χ1n) is 6.65. The van der Waals surface area contributed by atoms with Crippen molar-refractivity contribution in [3.05, 3.63) is 42.1 Å². The molecule has 19 heavy (non-hydrogen) atoms. The second-order valence-corrected chi connectivity index (χ2v) is 4.49. The summed E-state index contributed by atoms with van der Waals surface area (Å²) in [4.78, 5) is 16.4. The molecule has 100 valence electrons. The first-order chi connectivity index (χ1) is 9.33. The number of benzene rings is 1. The lowest BCUT2D eigenvalue weighted by Crippen LogP contribution is -2.24. The maximum Gasteiger partial charge on any atom is 0.253 e. The number of nitrogens with one attached hydrogen (secondary N) is 1. The van der Waals surface area contributed by atoms with Gasteiger partial charge in [-0.2, -0.15) is 0 Å². The van der Waals surface area contributed by atoms with E-state index in [1.165, 1.54) is 0 Å². The number of rotatable bonds is 6. The summed E-state index contributed by atoms with van der Waals surface area (Å²) in [5.41, 5.74) is 6.82. The molecule has 1 amide bonds. The molecule has 0 unspecified atom stereocenters. The number of unbranched alkanes of at least 4 members (excludes halogenated alkanes) is 2. The van der Waals surface area contributed by atoms with Gasteiger partial charge in [0.05, 0.1) is 11.1 Å². The lowest BCUT2D eigenvalue weighted by atomic mass is 10.1. The molecule has 2 rings (SSSR count). The van der Waals surface area contributed by atoms with Crippen molar-refractivity contribution in [2.24, 2.45) is 5.73 Å². The van der Waals surface area contributed by atoms with Crippen LogP contribution < -0.4 is 11.1 Å². The van der Waals surface area contributed by atoms with E-state index in [2.05, 4.69) is 10.3 Å². The van der Waals surface area contributed by atoms with Crippen LogP contribution in [0.15, 0.2) is 36.5 Å². The second kappa shape index (κ2) is 6.85. The highest BCUT2D eigenvalue weighted by atomic mass is 16.1. The van der Waals surface area contributed by atoms with E-state index in [9.17, 15) is 4.79 Å². The number of fused-ring (bicyclic) bond motifs is 1. The van der Waals surface area contributed by atoms with Gasteiger partial charge < -0.3 is 11.1 Å². The van der Waals surface area contributed by atoms with E-state index < -0.39 is 0 Å². The van der Waals surface area contributed by atoms with Crippen LogP contribution in [0.1, 0.15) is 29.6 Å². The summed E-state index contributed by atoms with van der Waals surface area (Å²) in [5.74, 6) is -0.0583. The van der Waals surface area contributed by atoms with Crippen molar-refractivity contribution in [1.82, 2.24) is 10.3 Å². The summed E-state index contributed by atoms with van der Waals surface area (Å²) < 4.78 is 0. The number of hydrogen-bond acceptors (Lipinski definition) is 3. The van der Waals surface area contributed by atoms with E-state index in [0.717, 1.165) is 30.2 Å². The quantitative estimate of drug-likeness (QED) is 0.779. The van der Waals surface area contributed by atoms with Crippen molar-refractivity contribution < 1.29 is 4.79 Å². The van der Waals surface area contributed by atoms with Gasteiger partial charge in [-0.05, 0) is 31.5 Å². The van der Waals surface area contributed by atoms with Crippen LogP contribution in [0.25, 0.3) is 10.9 Å². The molecule has 0 fully saturated rings. The lowest BCUT2D eigenvalue weighted by molar-refractivity contribution is 0.0954. The molecule has 0 saturated carbocycles. The fourth-order valence-corrected chi connectivity index (χ4v) is 2.03. The summed E-state index contributed by atoms with van der Waals surface area (Å²) >= 11 is 0. The molecule has 1 aromatic carbocycles. The third kappa shape index (κ3) is 3.51. The van der Waals surface area contributed by atoms with E-state index in [-0.39, 0.29) is 5.91 Å². The Bertz CT molecular complexity index is 549. The molecule has 1 heterocycles. The monoisotopic (exact) mass is 257 g/mol. The predicted octanol–water partition coefficient (Wildman–Crippen LogP) is 2.09. The van der Waals surface area contributed by atoms with Crippen molar-refractivity contribution in [2.45, 2.75) is 19.3 Å². The van der Waals surface area contributed by atoms with Crippen molar-refractivity contribution >= 4 is 16.8 Å². The van der Waals surface area contributed by atoms with Gasteiger partial charge in [0.2, 0.25) is 0 Å². The van der Waals surface area contributed by atoms with Crippen LogP contribution >= 0.6 is 0 Å². The zero-order valence-electron chi connectivity index (χ0n) is 10.9. The fourth-order valence-electron chi connectivity index (χ4n) is 2.03. The molecule has 0 bridgehead atoms. The van der Waals surface area contributed by atoms with Crippen molar-refractivity contribution in [2.75, 3.05) is 13.1 Å². The van der Waals surface area contributed by atoms with Crippen LogP contribution in [-0.2, 0) is 0 Å². The lowest BCUT2D eigenvalue weighted by Gasteiger charge is -2.07. The maximum atomic E-state index is 12.1. The number of pyridine rings is 1. The number of carbonyl (C=O) groups is 1. The van der Waals surface area contributed by atoms with Gasteiger partial charge in [-0.1, -0.05) is 24.6 Å². The van der Waals surface area contributed by atoms with Gasteiger partial charge in [0, 0.05) is 18.1 Å². The molecule has 1 aromatic heterocycles. The third-order valence-corrected chi connectivity index (χ3v) is 3.04. The molecule has 4 nitrogen and oxygen atoms in total. The van der Waals surface area contributed by atoms with Gasteiger partial charge >= 0.3 is 0 Å². The van der Waals surface area contributed by atoms with Gasteiger partial charge in [0.1, 0.15) is 0 Å². The normalized spacial score (nSPS) is 10.6. The van der Waals surface area contributed by atoms with E-state index in [1.807, 2.05) is 30.3 Å². The summed E-state index contributed by atoms with van der Waals surface area (Å²) in [6.07, 6.45) is 4.72. The summed E-state index contributed by atoms with van der Waals surface area (Å²) in [6.45, 7) is 1.39. The van der Waals surface area contributed by atoms with Crippen LogP contribution in [0.2, 0.25) is 0 Å². The second-order valence-electron chi connectivity index (χ2n) is 4.49. The Morgan fingerprint density at radius 1 is 1.16 bits per heavy atom. The molecule has 0 radical (unpaired) electrons. The average molecular weight is 257 g/mol. The Balaban J connectivity index is 2.01. The standard InChI is InChI=1S/C15H19N3O/c16-9-2-1-3-10-18-15(19)13-8-4-6-12-7-5-11-17-14(12)13/h4-8,11H,1-3,9-10,16H2,(H,18,19). The molecule has 0 aliphatic rings. The van der Waals surface area contributed by atoms with Crippen LogP contribution in [0.3, 0.4) is 0 Å². The van der Waals surface area contributed by atoms with Gasteiger partial charge in [-0.15, -0.1) is 0 Å². The highest BCUT2D eigenvalue weighted by Crippen LogP contribution is 2.15. The SMILES string of the molecule is NCCCCCNC(=O)c1cccc2cccnc12. The summed E-state index contributed by atoms with van der Waals surface area (Å²) in [5, 5.41) is 3.91. The molecule has 0 spiro atoms. The molecule has 0 aliphatic carbocycles. The highest BCUT2D eigenvalue weighted by Gasteiger charge is 2.09. The van der Waals surface area contributed by atoms with Crippen molar-refractivity contribution in [3.8, 4) is 0 Å². The van der Waals surface area contributed by atoms with E-state index in [1.54, 1.807) is 6.20 Å². The van der Waals surface area contributed by atoms with Gasteiger partial charge in [-0.3, -0.25) is 9.78 Å². The zero-order chi connectivity index (χ0) is 13.5. The summed E-state index contributed by atoms with van der Waals surface area (Å²) in [7, 11) is 0. The third-order valence-electron chi connectivity index (χ3n) is 3.04. The topological polar surface area (TPSA) is 68.0 Å². The first kappa shape index (κ1) is 13.5. The van der Waals surface area contributed by atoms with Crippen molar-refractivity contribution in [3.63, 3.8) is 0 Å². The van der Waals surface area contributed by atoms with Crippen LogP contribution in [0.5, 0.6) is 0 Å². The molecule has 0 saturated heterocycles. The molecule has 2 aromatic rings. The average Bonchev–Trinajstić information content (AvgIpc) is 2.46. The van der Waals surface area contributed by atoms with Gasteiger partial charge in [-0.25, -0.2) is 0 Å². The number of hydrogen-bond donors (Lipinski definition) is 2. The number of nitrogens with two attached hydrogens (primary N) is 1. The van der Waals surface area contributed by atoms with E-state index in [4.69, 9.17) is 5.73 Å². The molecular formula is C15H19N3O. The van der Waals surface area contributed by atoms with Gasteiger partial charge in [0.15, 0.2) is 0 Å². The Kier molecular flexibility index (Phi) is 4.86. The van der Waals surface area contributed by atoms with Gasteiger partial charge in [0.25, 0.3) is 5.91 Å². The summed E-state index contributed by atoms with van der Waals surface area (Å²) in [6, 6.07) is 9.48. The molecular weight excluding hydrogens is 238 g/mol. The minimum absolute atomic E-state index is 0.0583. The number of carbonyl (C=O) groups excluding carboxylic acids is 1. The molecule has 4 heteroatoms. The molecule has 0 aliphatic heterocycles. The number of nitrogens with zero attached hydrogens (tertiary/aromatic N) is 1. The van der Waals surface area contributed by atoms with Crippen LogP contribution in [-0.4, -0.2) is 24.0 Å². The smallest absolute Gasteiger partial charge is 0.253 e. The highest BCUT2D eigenvalue weighted by molar-refractivity contribution is 6.05. The van der Waals surface area contributed by atoms with Crippen LogP contribution in [0.4, 0.5) is 0 Å². The molecule has 3 N–H and O–H groups in total. The number of para-hydroxylation sites is 1. The van der Waals surface area contributed by atoms with Crippen molar-refractivity contribution in [1.29, 1.82) is 0 Å². The predicted molar refractivity (Wildman–Crippen MR) is 77.0 cm³/mol. The molecule has 0 atom stereocenters. The number of amides is 1. The first-order valence-corrected chi connectivity index (χ1v) is 6.65. The zero-order valence-corrected chi connectivity index (χ0v) is 10.9. The maximum absolute atomic E-state index is 12.1. The van der Waals surface area contributed by atoms with E-state index in [0.29, 0.717) is 18.7 Å². The van der Waals surface area contributed by atoms with E-state index >= 15 is 0 Å².